The fraction of sp³-hybridized carbons (Fsp3) is 0.857. The van der Waals surface area contributed by atoms with Crippen molar-refractivity contribution in [3.05, 3.63) is 0 Å². The molecule has 19 heavy (non-hydrogen) atoms. The molecule has 3 N–H and O–H groups in total. The third-order valence-electron chi connectivity index (χ3n) is 3.76. The molecule has 0 aromatic rings. The van der Waals surface area contributed by atoms with Crippen LogP contribution in [0, 0.1) is 11.8 Å². The van der Waals surface area contributed by atoms with Gasteiger partial charge in [-0.05, 0) is 39.0 Å². The molecule has 0 bridgehead atoms. The minimum atomic E-state index is -0.112. The number of hydrogen-bond donors (Lipinski definition) is 2. The van der Waals surface area contributed by atoms with Gasteiger partial charge < -0.3 is 16.0 Å². The molecule has 1 fully saturated rings. The molecule has 3 atom stereocenters. The van der Waals surface area contributed by atoms with E-state index in [4.69, 9.17) is 5.73 Å². The first-order valence-corrected chi connectivity index (χ1v) is 7.11. The van der Waals surface area contributed by atoms with E-state index in [9.17, 15) is 9.59 Å². The second kappa shape index (κ2) is 6.89. The maximum absolute atomic E-state index is 12.4. The van der Waals surface area contributed by atoms with Crippen LogP contribution in [-0.2, 0) is 9.59 Å². The second-order valence-corrected chi connectivity index (χ2v) is 6.07. The Bertz CT molecular complexity index is 331. The molecule has 0 radical (unpaired) electrons. The van der Waals surface area contributed by atoms with Gasteiger partial charge in [-0.15, -0.1) is 0 Å². The van der Waals surface area contributed by atoms with Crippen molar-refractivity contribution >= 4 is 11.8 Å². The highest BCUT2D eigenvalue weighted by atomic mass is 16.2. The quantitative estimate of drug-likeness (QED) is 0.790. The molecule has 1 saturated carbocycles. The summed E-state index contributed by atoms with van der Waals surface area (Å²) in [5.74, 6) is 0.240. The molecule has 0 saturated heterocycles. The van der Waals surface area contributed by atoms with Crippen LogP contribution in [0.15, 0.2) is 0 Å². The minimum Gasteiger partial charge on any atom is -0.352 e. The number of carbonyl (C=O) groups excluding carboxylic acids is 2. The molecular weight excluding hydrogens is 242 g/mol. The van der Waals surface area contributed by atoms with Crippen LogP contribution in [0.5, 0.6) is 0 Å². The Morgan fingerprint density at radius 3 is 2.58 bits per heavy atom. The fourth-order valence-corrected chi connectivity index (χ4v) is 2.64. The van der Waals surface area contributed by atoms with Gasteiger partial charge in [0, 0.05) is 25.0 Å². The molecule has 0 aromatic carbocycles. The third-order valence-corrected chi connectivity index (χ3v) is 3.76. The van der Waals surface area contributed by atoms with Crippen LogP contribution in [0.3, 0.4) is 0 Å². The number of rotatable bonds is 4. The SMILES string of the molecule is CC(C)NC(=O)CN(C)C(=O)C1CC(N)CCC1C. The molecule has 5 nitrogen and oxygen atoms in total. The molecule has 110 valence electrons. The standard InChI is InChI=1S/C14H27N3O2/c1-9(2)16-13(18)8-17(4)14(19)12-7-11(15)6-5-10(12)3/h9-12H,5-8,15H2,1-4H3,(H,16,18). The van der Waals surface area contributed by atoms with Crippen molar-refractivity contribution in [2.75, 3.05) is 13.6 Å². The molecule has 0 aliphatic heterocycles. The maximum atomic E-state index is 12.4. The average molecular weight is 269 g/mol. The predicted molar refractivity (Wildman–Crippen MR) is 75.4 cm³/mol. The van der Waals surface area contributed by atoms with Gasteiger partial charge in [-0.3, -0.25) is 9.59 Å². The van der Waals surface area contributed by atoms with Gasteiger partial charge in [0.15, 0.2) is 0 Å². The highest BCUT2D eigenvalue weighted by molar-refractivity contribution is 5.86. The predicted octanol–water partition coefficient (Wildman–Crippen LogP) is 0.733. The summed E-state index contributed by atoms with van der Waals surface area (Å²) in [6.07, 6.45) is 2.71. The molecular formula is C14H27N3O2. The number of nitrogens with one attached hydrogen (secondary N) is 1. The van der Waals surface area contributed by atoms with Crippen LogP contribution in [0.4, 0.5) is 0 Å². The molecule has 1 aliphatic rings. The zero-order chi connectivity index (χ0) is 14.6. The van der Waals surface area contributed by atoms with E-state index in [-0.39, 0.29) is 36.4 Å². The molecule has 0 heterocycles. The summed E-state index contributed by atoms with van der Waals surface area (Å²) in [7, 11) is 1.69. The number of hydrogen-bond acceptors (Lipinski definition) is 3. The van der Waals surface area contributed by atoms with Crippen molar-refractivity contribution in [3.8, 4) is 0 Å². The Kier molecular flexibility index (Phi) is 5.79. The van der Waals surface area contributed by atoms with Gasteiger partial charge in [0.1, 0.15) is 0 Å². The summed E-state index contributed by atoms with van der Waals surface area (Å²) in [4.78, 5) is 25.6. The minimum absolute atomic E-state index is 0.0411. The molecule has 0 spiro atoms. The van der Waals surface area contributed by atoms with E-state index in [1.54, 1.807) is 7.05 Å². The number of nitrogens with two attached hydrogens (primary N) is 1. The first-order chi connectivity index (χ1) is 8.81. The van der Waals surface area contributed by atoms with Crippen LogP contribution in [0.1, 0.15) is 40.0 Å². The topological polar surface area (TPSA) is 75.4 Å². The number of amides is 2. The Labute approximate surface area is 115 Å². The summed E-state index contributed by atoms with van der Waals surface area (Å²) in [5.41, 5.74) is 5.94. The number of carbonyl (C=O) groups is 2. The van der Waals surface area contributed by atoms with Gasteiger partial charge in [0.2, 0.25) is 11.8 Å². The maximum Gasteiger partial charge on any atom is 0.239 e. The van der Waals surface area contributed by atoms with Crippen molar-refractivity contribution in [2.45, 2.75) is 52.1 Å². The van der Waals surface area contributed by atoms with Crippen LogP contribution in [-0.4, -0.2) is 42.4 Å². The van der Waals surface area contributed by atoms with Crippen LogP contribution >= 0.6 is 0 Å². The molecule has 1 rings (SSSR count). The van der Waals surface area contributed by atoms with Gasteiger partial charge in [-0.25, -0.2) is 0 Å². The zero-order valence-electron chi connectivity index (χ0n) is 12.5. The van der Waals surface area contributed by atoms with Crippen LogP contribution in [0.25, 0.3) is 0 Å². The summed E-state index contributed by atoms with van der Waals surface area (Å²) >= 11 is 0. The first-order valence-electron chi connectivity index (χ1n) is 7.11. The normalized spacial score (nSPS) is 27.2. The second-order valence-electron chi connectivity index (χ2n) is 6.07. The van der Waals surface area contributed by atoms with E-state index in [0.29, 0.717) is 5.92 Å². The van der Waals surface area contributed by atoms with Gasteiger partial charge in [0.25, 0.3) is 0 Å². The summed E-state index contributed by atoms with van der Waals surface area (Å²) in [6.45, 7) is 6.02. The van der Waals surface area contributed by atoms with Gasteiger partial charge in [-0.1, -0.05) is 6.92 Å². The summed E-state index contributed by atoms with van der Waals surface area (Å²) in [6, 6.07) is 0.209. The highest BCUT2D eigenvalue weighted by Crippen LogP contribution is 2.30. The van der Waals surface area contributed by atoms with Crippen molar-refractivity contribution in [1.29, 1.82) is 0 Å². The molecule has 3 unspecified atom stereocenters. The average Bonchev–Trinajstić information content (AvgIpc) is 2.30. The lowest BCUT2D eigenvalue weighted by Crippen LogP contribution is -2.46. The fourth-order valence-electron chi connectivity index (χ4n) is 2.64. The summed E-state index contributed by atoms with van der Waals surface area (Å²) < 4.78 is 0. The van der Waals surface area contributed by atoms with E-state index in [2.05, 4.69) is 12.2 Å². The van der Waals surface area contributed by atoms with E-state index >= 15 is 0 Å². The smallest absolute Gasteiger partial charge is 0.239 e. The van der Waals surface area contributed by atoms with E-state index in [1.165, 1.54) is 4.90 Å². The van der Waals surface area contributed by atoms with Crippen molar-refractivity contribution < 1.29 is 9.59 Å². The van der Waals surface area contributed by atoms with Crippen molar-refractivity contribution in [1.82, 2.24) is 10.2 Å². The van der Waals surface area contributed by atoms with Crippen molar-refractivity contribution in [2.24, 2.45) is 17.6 Å². The van der Waals surface area contributed by atoms with Gasteiger partial charge in [0.05, 0.1) is 6.54 Å². The Balaban J connectivity index is 2.53. The van der Waals surface area contributed by atoms with E-state index in [1.807, 2.05) is 13.8 Å². The Morgan fingerprint density at radius 1 is 1.37 bits per heavy atom. The lowest BCUT2D eigenvalue weighted by atomic mass is 9.77. The van der Waals surface area contributed by atoms with Gasteiger partial charge >= 0.3 is 0 Å². The largest absolute Gasteiger partial charge is 0.352 e. The molecule has 5 heteroatoms. The van der Waals surface area contributed by atoms with Gasteiger partial charge in [-0.2, -0.15) is 0 Å². The lowest BCUT2D eigenvalue weighted by molar-refractivity contribution is -0.140. The molecule has 0 aromatic heterocycles. The van der Waals surface area contributed by atoms with Crippen molar-refractivity contribution in [3.63, 3.8) is 0 Å². The number of nitrogens with zero attached hydrogens (tertiary/aromatic N) is 1. The van der Waals surface area contributed by atoms with E-state index in [0.717, 1.165) is 19.3 Å². The molecule has 2 amide bonds. The third kappa shape index (κ3) is 4.82. The lowest BCUT2D eigenvalue weighted by Gasteiger charge is -2.34. The monoisotopic (exact) mass is 269 g/mol. The summed E-state index contributed by atoms with van der Waals surface area (Å²) in [5, 5.41) is 2.79. The highest BCUT2D eigenvalue weighted by Gasteiger charge is 2.33. The van der Waals surface area contributed by atoms with Crippen LogP contribution < -0.4 is 11.1 Å². The van der Waals surface area contributed by atoms with Crippen LogP contribution in [0.2, 0.25) is 0 Å². The zero-order valence-corrected chi connectivity index (χ0v) is 12.5. The van der Waals surface area contributed by atoms with E-state index < -0.39 is 0 Å². The number of likely N-dealkylation sites (N-methyl/N-ethyl adjacent to an activating group) is 1. The molecule has 1 aliphatic carbocycles. The first kappa shape index (κ1) is 16.0. The Hall–Kier alpha value is -1.10. The Morgan fingerprint density at radius 2 is 2.00 bits per heavy atom.